The summed E-state index contributed by atoms with van der Waals surface area (Å²) in [5, 5.41) is 34.0. The van der Waals surface area contributed by atoms with Gasteiger partial charge in [0.15, 0.2) is 11.5 Å². The summed E-state index contributed by atoms with van der Waals surface area (Å²) < 4.78 is 24.0. The zero-order valence-electron chi connectivity index (χ0n) is 28.2. The zero-order valence-corrected chi connectivity index (χ0v) is 28.2. The van der Waals surface area contributed by atoms with Gasteiger partial charge in [-0.25, -0.2) is 0 Å². The van der Waals surface area contributed by atoms with E-state index in [1.54, 1.807) is 23.1 Å². The summed E-state index contributed by atoms with van der Waals surface area (Å²) in [7, 11) is 1.49. The molecule has 11 heteroatoms. The van der Waals surface area contributed by atoms with Gasteiger partial charge in [-0.1, -0.05) is 27.2 Å². The second-order valence-corrected chi connectivity index (χ2v) is 13.6. The largest absolute Gasteiger partial charge is 0.493 e. The molecule has 0 bridgehead atoms. The van der Waals surface area contributed by atoms with Gasteiger partial charge in [-0.3, -0.25) is 9.59 Å². The number of aliphatic hydroxyl groups is 3. The van der Waals surface area contributed by atoms with Gasteiger partial charge in [-0.15, -0.1) is 0 Å². The molecule has 0 aromatic heterocycles. The van der Waals surface area contributed by atoms with Crippen LogP contribution in [-0.2, 0) is 25.7 Å². The van der Waals surface area contributed by atoms with Crippen LogP contribution in [0.3, 0.4) is 0 Å². The first-order chi connectivity index (χ1) is 22.0. The number of nitrogens with one attached hydrogen (secondary N) is 1. The van der Waals surface area contributed by atoms with Gasteiger partial charge >= 0.3 is 0 Å². The van der Waals surface area contributed by atoms with Crippen molar-refractivity contribution in [3.63, 3.8) is 0 Å². The zero-order chi connectivity index (χ0) is 33.5. The molecular weight excluding hydrogens is 592 g/mol. The summed E-state index contributed by atoms with van der Waals surface area (Å²) in [4.78, 5) is 29.2. The molecule has 1 heterocycles. The third-order valence-corrected chi connectivity index (χ3v) is 9.55. The molecule has 3 aliphatic rings. The number of benzene rings is 1. The van der Waals surface area contributed by atoms with Crippen LogP contribution >= 0.6 is 0 Å². The maximum Gasteiger partial charge on any atom is 0.249 e. The number of methoxy groups -OCH3 is 1. The first kappa shape index (κ1) is 36.1. The molecule has 46 heavy (non-hydrogen) atoms. The number of ether oxygens (including phenoxy) is 4. The second-order valence-electron chi connectivity index (χ2n) is 13.6. The van der Waals surface area contributed by atoms with Crippen LogP contribution in [0.1, 0.15) is 77.3 Å². The fourth-order valence-electron chi connectivity index (χ4n) is 7.18. The van der Waals surface area contributed by atoms with Crippen molar-refractivity contribution in [1.29, 1.82) is 0 Å². The monoisotopic (exact) mass is 646 g/mol. The van der Waals surface area contributed by atoms with Crippen LogP contribution in [0.15, 0.2) is 23.8 Å². The minimum Gasteiger partial charge on any atom is -0.493 e. The minimum absolute atomic E-state index is 0.0284. The Morgan fingerprint density at radius 2 is 1.91 bits per heavy atom. The highest BCUT2D eigenvalue weighted by Crippen LogP contribution is 2.51. The Hall–Kier alpha value is -2.70. The summed E-state index contributed by atoms with van der Waals surface area (Å²) in [6.07, 6.45) is 3.17. The summed E-state index contributed by atoms with van der Waals surface area (Å²) in [6, 6.07) is 2.52. The fourth-order valence-corrected chi connectivity index (χ4v) is 7.18. The molecule has 1 aromatic rings. The number of carbonyl (C=O) groups excluding carboxylic acids is 2. The SMILES string of the molecule is COc1cc(CO)cc2c1OC1C2C(C(=O)NCCO)=CC(N(CCCOC(C)C)C(=O)COC2CC(C)CCC2C(C)C)C1O. The Balaban J connectivity index is 1.68. The lowest BCUT2D eigenvalue weighted by molar-refractivity contribution is -0.147. The predicted molar refractivity (Wildman–Crippen MR) is 173 cm³/mol. The lowest BCUT2D eigenvalue weighted by Crippen LogP contribution is -2.56. The Kier molecular flexibility index (Phi) is 12.9. The third-order valence-electron chi connectivity index (χ3n) is 9.55. The van der Waals surface area contributed by atoms with Crippen LogP contribution in [-0.4, -0.2) is 103 Å². The number of fused-ring (bicyclic) bond motifs is 3. The van der Waals surface area contributed by atoms with Crippen molar-refractivity contribution in [3.8, 4) is 11.5 Å². The number of hydrogen-bond acceptors (Lipinski definition) is 9. The number of nitrogens with zero attached hydrogens (tertiary/aromatic N) is 1. The van der Waals surface area contributed by atoms with E-state index in [0.717, 1.165) is 19.3 Å². The molecule has 0 saturated heterocycles. The molecule has 2 amide bonds. The fraction of sp³-hybridized carbons (Fsp3) is 0.714. The molecule has 0 radical (unpaired) electrons. The standard InChI is InChI=1S/C35H54N2O9/c1-20(2)24-9-8-22(5)14-28(24)45-19-30(40)37(11-7-13-44-21(3)4)27-17-26(35(42)36-10-12-38)31-25-15-23(18-39)16-29(43-6)33(25)46-34(31)32(27)41/h15-17,20-22,24,27-28,31-32,34,38-39,41H,7-14,18-19H2,1-6H3,(H,36,42). The van der Waals surface area contributed by atoms with Crippen molar-refractivity contribution in [2.75, 3.05) is 40.0 Å². The molecule has 7 unspecified atom stereocenters. The highest BCUT2D eigenvalue weighted by molar-refractivity contribution is 5.96. The van der Waals surface area contributed by atoms with Crippen molar-refractivity contribution in [1.82, 2.24) is 10.2 Å². The van der Waals surface area contributed by atoms with Crippen LogP contribution in [0.4, 0.5) is 0 Å². The molecule has 2 aliphatic carbocycles. The van der Waals surface area contributed by atoms with Gasteiger partial charge in [-0.05, 0) is 74.6 Å². The van der Waals surface area contributed by atoms with E-state index in [2.05, 4.69) is 26.1 Å². The van der Waals surface area contributed by atoms with Crippen LogP contribution < -0.4 is 14.8 Å². The first-order valence-corrected chi connectivity index (χ1v) is 16.8. The van der Waals surface area contributed by atoms with E-state index in [0.29, 0.717) is 59.0 Å². The van der Waals surface area contributed by atoms with Crippen molar-refractivity contribution < 1.29 is 43.9 Å². The van der Waals surface area contributed by atoms with E-state index in [9.17, 15) is 24.9 Å². The molecule has 11 nitrogen and oxygen atoms in total. The summed E-state index contributed by atoms with van der Waals surface area (Å²) in [5.74, 6) is 0.669. The predicted octanol–water partition coefficient (Wildman–Crippen LogP) is 2.93. The van der Waals surface area contributed by atoms with Crippen molar-refractivity contribution >= 4 is 11.8 Å². The van der Waals surface area contributed by atoms with Gasteiger partial charge in [-0.2, -0.15) is 0 Å². The van der Waals surface area contributed by atoms with Gasteiger partial charge in [0.25, 0.3) is 0 Å². The molecule has 0 spiro atoms. The second kappa shape index (κ2) is 16.4. The van der Waals surface area contributed by atoms with Gasteiger partial charge in [0.05, 0.1) is 44.5 Å². The molecule has 1 aromatic carbocycles. The van der Waals surface area contributed by atoms with Gasteiger partial charge < -0.3 is 44.5 Å². The molecule has 7 atom stereocenters. The number of carbonyl (C=O) groups is 2. The van der Waals surface area contributed by atoms with Crippen molar-refractivity contribution in [3.05, 3.63) is 34.9 Å². The minimum atomic E-state index is -1.19. The smallest absolute Gasteiger partial charge is 0.249 e. The number of rotatable bonds is 15. The quantitative estimate of drug-likeness (QED) is 0.211. The van der Waals surface area contributed by atoms with E-state index in [-0.39, 0.29) is 51.0 Å². The Morgan fingerprint density at radius 3 is 2.57 bits per heavy atom. The van der Waals surface area contributed by atoms with Gasteiger partial charge in [0.2, 0.25) is 11.8 Å². The van der Waals surface area contributed by atoms with Crippen molar-refractivity contribution in [2.45, 2.75) is 103 Å². The highest BCUT2D eigenvalue weighted by atomic mass is 16.5. The number of aliphatic hydroxyl groups excluding tert-OH is 3. The Labute approximate surface area is 273 Å². The van der Waals surface area contributed by atoms with Crippen LogP contribution in [0.2, 0.25) is 0 Å². The topological polar surface area (TPSA) is 147 Å². The summed E-state index contributed by atoms with van der Waals surface area (Å²) in [6.45, 7) is 10.6. The van der Waals surface area contributed by atoms with E-state index < -0.39 is 30.1 Å². The number of amides is 2. The summed E-state index contributed by atoms with van der Waals surface area (Å²) >= 11 is 0. The van der Waals surface area contributed by atoms with Crippen LogP contribution in [0.25, 0.3) is 0 Å². The lowest BCUT2D eigenvalue weighted by atomic mass is 9.75. The number of hydrogen-bond donors (Lipinski definition) is 4. The lowest BCUT2D eigenvalue weighted by Gasteiger charge is -2.41. The van der Waals surface area contributed by atoms with Crippen molar-refractivity contribution in [2.24, 2.45) is 17.8 Å². The average molecular weight is 647 g/mol. The molecule has 4 N–H and O–H groups in total. The third kappa shape index (κ3) is 8.23. The molecule has 258 valence electrons. The Bertz CT molecular complexity index is 1220. The summed E-state index contributed by atoms with van der Waals surface area (Å²) in [5.41, 5.74) is 1.49. The van der Waals surface area contributed by atoms with E-state index in [1.165, 1.54) is 7.11 Å². The first-order valence-electron chi connectivity index (χ1n) is 16.8. The van der Waals surface area contributed by atoms with E-state index >= 15 is 0 Å². The Morgan fingerprint density at radius 1 is 1.15 bits per heavy atom. The van der Waals surface area contributed by atoms with Gasteiger partial charge in [0, 0.05) is 30.8 Å². The normalized spacial score (nSPS) is 27.1. The van der Waals surface area contributed by atoms with Crippen LogP contribution in [0, 0.1) is 17.8 Å². The molecule has 1 saturated carbocycles. The molecular formula is C35H54N2O9. The highest BCUT2D eigenvalue weighted by Gasteiger charge is 2.51. The maximum absolute atomic E-state index is 14.1. The molecule has 4 rings (SSSR count). The maximum atomic E-state index is 14.1. The average Bonchev–Trinajstić information content (AvgIpc) is 3.42. The molecule has 1 fully saturated rings. The van der Waals surface area contributed by atoms with E-state index in [4.69, 9.17) is 18.9 Å². The van der Waals surface area contributed by atoms with Gasteiger partial charge in [0.1, 0.15) is 18.8 Å². The van der Waals surface area contributed by atoms with Crippen LogP contribution in [0.5, 0.6) is 11.5 Å². The molecule has 1 aliphatic heterocycles. The van der Waals surface area contributed by atoms with E-state index in [1.807, 2.05) is 13.8 Å².